The molecule has 2 amide bonds. The summed E-state index contributed by atoms with van der Waals surface area (Å²) in [4.78, 5) is 40.4. The van der Waals surface area contributed by atoms with Gasteiger partial charge >= 0.3 is 6.09 Å². The number of hydrogen-bond acceptors (Lipinski definition) is 7. The van der Waals surface area contributed by atoms with Crippen molar-refractivity contribution in [2.45, 2.75) is 97.0 Å². The number of carbonyl (C=O) groups excluding carboxylic acids is 2. The number of piperazine rings is 1. The average Bonchev–Trinajstić information content (AvgIpc) is 3.22. The van der Waals surface area contributed by atoms with Crippen molar-refractivity contribution >= 4 is 17.7 Å². The van der Waals surface area contributed by atoms with E-state index < -0.39 is 17.2 Å². The molecule has 0 saturated carbocycles. The third kappa shape index (κ3) is 7.52. The number of nitrogens with zero attached hydrogens (tertiary/aromatic N) is 5. The molecule has 1 aromatic heterocycles. The molecule has 252 valence electrons. The van der Waals surface area contributed by atoms with Crippen LogP contribution in [0.5, 0.6) is 0 Å². The van der Waals surface area contributed by atoms with Gasteiger partial charge in [0.1, 0.15) is 17.2 Å². The van der Waals surface area contributed by atoms with Crippen LogP contribution in [0.1, 0.15) is 72.2 Å². The second-order valence-corrected chi connectivity index (χ2v) is 15.0. The normalized spacial score (nSPS) is 25.4. The van der Waals surface area contributed by atoms with Gasteiger partial charge in [0.25, 0.3) is 0 Å². The third-order valence-electron chi connectivity index (χ3n) is 9.31. The standard InChI is InChI=1S/C35H49F2N5O4/c1-22-15-39(28(16-40-23(2)19-45-20-24(40)3)17-41(22)33(44)46-34(4,5)6)18-31(43)42-21-35(7,8)32-30(42)12-25(14-38-32)11-26-9-10-27(36)13-29(26)37/h9-10,12-14,22-24,28H,11,15-21H2,1-8H3/t22-,23-,24-,28+/m1/s1. The van der Waals surface area contributed by atoms with E-state index in [9.17, 15) is 18.4 Å². The first-order valence-corrected chi connectivity index (χ1v) is 16.3. The van der Waals surface area contributed by atoms with Gasteiger partial charge in [0.05, 0.1) is 31.1 Å². The maximum atomic E-state index is 14.5. The molecular formula is C35H49F2N5O4. The smallest absolute Gasteiger partial charge is 0.410 e. The number of pyridine rings is 1. The fourth-order valence-electron chi connectivity index (χ4n) is 6.93. The molecule has 0 spiro atoms. The second-order valence-electron chi connectivity index (χ2n) is 15.0. The summed E-state index contributed by atoms with van der Waals surface area (Å²) in [6.07, 6.45) is 1.61. The topological polar surface area (TPSA) is 78.5 Å². The molecular weight excluding hydrogens is 592 g/mol. The van der Waals surface area contributed by atoms with E-state index in [-0.39, 0.29) is 54.5 Å². The fourth-order valence-corrected chi connectivity index (χ4v) is 6.93. The van der Waals surface area contributed by atoms with Crippen molar-refractivity contribution in [3.8, 4) is 0 Å². The molecule has 3 aliphatic heterocycles. The highest BCUT2D eigenvalue weighted by molar-refractivity contribution is 5.97. The van der Waals surface area contributed by atoms with Gasteiger partial charge in [-0.05, 0) is 64.8 Å². The number of benzene rings is 1. The van der Waals surface area contributed by atoms with Crippen molar-refractivity contribution in [1.29, 1.82) is 0 Å². The molecule has 11 heteroatoms. The van der Waals surface area contributed by atoms with Crippen LogP contribution in [0, 0.1) is 11.6 Å². The van der Waals surface area contributed by atoms with Crippen molar-refractivity contribution in [3.63, 3.8) is 0 Å². The lowest BCUT2D eigenvalue weighted by atomic mass is 9.91. The number of rotatable bonds is 6. The summed E-state index contributed by atoms with van der Waals surface area (Å²) in [6, 6.07) is 5.64. The molecule has 0 unspecified atom stereocenters. The van der Waals surface area contributed by atoms with Crippen molar-refractivity contribution in [2.24, 2.45) is 0 Å². The molecule has 0 radical (unpaired) electrons. The molecule has 0 bridgehead atoms. The lowest BCUT2D eigenvalue weighted by Gasteiger charge is -2.48. The Balaban J connectivity index is 1.38. The lowest BCUT2D eigenvalue weighted by molar-refractivity contribution is -0.122. The van der Waals surface area contributed by atoms with E-state index in [0.717, 1.165) is 23.0 Å². The maximum Gasteiger partial charge on any atom is 0.410 e. The highest BCUT2D eigenvalue weighted by atomic mass is 19.1. The van der Waals surface area contributed by atoms with E-state index in [1.807, 2.05) is 33.8 Å². The summed E-state index contributed by atoms with van der Waals surface area (Å²) < 4.78 is 39.5. The van der Waals surface area contributed by atoms with Crippen LogP contribution in [0.15, 0.2) is 30.5 Å². The minimum absolute atomic E-state index is 0.0512. The Hall–Kier alpha value is -3.15. The van der Waals surface area contributed by atoms with Crippen LogP contribution in [0.3, 0.4) is 0 Å². The first kappa shape index (κ1) is 34.2. The molecule has 4 atom stereocenters. The predicted molar refractivity (Wildman–Crippen MR) is 173 cm³/mol. The van der Waals surface area contributed by atoms with E-state index >= 15 is 0 Å². The highest BCUT2D eigenvalue weighted by Crippen LogP contribution is 2.40. The van der Waals surface area contributed by atoms with Crippen LogP contribution in [-0.4, -0.2) is 107 Å². The molecule has 2 saturated heterocycles. The fraction of sp³-hybridized carbons (Fsp3) is 0.629. The number of morpholine rings is 1. The van der Waals surface area contributed by atoms with Crippen molar-refractivity contribution in [1.82, 2.24) is 19.7 Å². The molecule has 4 heterocycles. The molecule has 5 rings (SSSR count). The van der Waals surface area contributed by atoms with E-state index in [4.69, 9.17) is 14.5 Å². The quantitative estimate of drug-likeness (QED) is 0.440. The third-order valence-corrected chi connectivity index (χ3v) is 9.31. The van der Waals surface area contributed by atoms with Crippen LogP contribution in [-0.2, 0) is 26.1 Å². The number of aromatic nitrogens is 1. The second kappa shape index (κ2) is 13.2. The molecule has 2 aromatic rings. The van der Waals surface area contributed by atoms with Gasteiger partial charge < -0.3 is 19.3 Å². The molecule has 9 nitrogen and oxygen atoms in total. The number of hydrogen-bond donors (Lipinski definition) is 0. The number of fused-ring (bicyclic) bond motifs is 1. The Morgan fingerprint density at radius 1 is 1.04 bits per heavy atom. The maximum absolute atomic E-state index is 14.5. The molecule has 0 aliphatic carbocycles. The zero-order valence-electron chi connectivity index (χ0n) is 28.5. The molecule has 1 aromatic carbocycles. The summed E-state index contributed by atoms with van der Waals surface area (Å²) in [6.45, 7) is 19.6. The van der Waals surface area contributed by atoms with E-state index in [2.05, 4.69) is 37.5 Å². The Bertz CT molecular complexity index is 1440. The van der Waals surface area contributed by atoms with Crippen molar-refractivity contribution in [2.75, 3.05) is 50.8 Å². The van der Waals surface area contributed by atoms with E-state index in [1.54, 1.807) is 16.0 Å². The van der Waals surface area contributed by atoms with Gasteiger partial charge in [0.2, 0.25) is 5.91 Å². The lowest BCUT2D eigenvalue weighted by Crippen LogP contribution is -2.65. The van der Waals surface area contributed by atoms with Crippen LogP contribution in [0.4, 0.5) is 19.3 Å². The number of anilines is 1. The van der Waals surface area contributed by atoms with Gasteiger partial charge in [0.15, 0.2) is 0 Å². The Morgan fingerprint density at radius 2 is 1.74 bits per heavy atom. The zero-order valence-corrected chi connectivity index (χ0v) is 28.5. The Kier molecular flexibility index (Phi) is 9.78. The first-order chi connectivity index (χ1) is 21.5. The summed E-state index contributed by atoms with van der Waals surface area (Å²) in [5.74, 6) is -1.28. The number of ether oxygens (including phenoxy) is 2. The number of halogens is 2. The minimum atomic E-state index is -0.621. The van der Waals surface area contributed by atoms with Crippen molar-refractivity contribution < 1.29 is 27.8 Å². The largest absolute Gasteiger partial charge is 0.444 e. The minimum Gasteiger partial charge on any atom is -0.444 e. The van der Waals surface area contributed by atoms with Gasteiger partial charge in [-0.1, -0.05) is 19.9 Å². The van der Waals surface area contributed by atoms with Gasteiger partial charge in [-0.3, -0.25) is 19.6 Å². The summed E-state index contributed by atoms with van der Waals surface area (Å²) >= 11 is 0. The van der Waals surface area contributed by atoms with Crippen LogP contribution >= 0.6 is 0 Å². The predicted octanol–water partition coefficient (Wildman–Crippen LogP) is 4.99. The highest BCUT2D eigenvalue weighted by Gasteiger charge is 2.43. The number of amides is 2. The average molecular weight is 642 g/mol. The summed E-state index contributed by atoms with van der Waals surface area (Å²) in [7, 11) is 0. The van der Waals surface area contributed by atoms with E-state index in [1.165, 1.54) is 12.1 Å². The van der Waals surface area contributed by atoms with Gasteiger partial charge in [-0.2, -0.15) is 0 Å². The van der Waals surface area contributed by atoms with Gasteiger partial charge in [-0.15, -0.1) is 0 Å². The van der Waals surface area contributed by atoms with E-state index in [0.29, 0.717) is 45.0 Å². The Labute approximate surface area is 271 Å². The molecule has 46 heavy (non-hydrogen) atoms. The van der Waals surface area contributed by atoms with Crippen molar-refractivity contribution in [3.05, 3.63) is 58.9 Å². The molecule has 3 aliphatic rings. The monoisotopic (exact) mass is 641 g/mol. The van der Waals surface area contributed by atoms with Gasteiger partial charge in [0, 0.05) is 74.4 Å². The van der Waals surface area contributed by atoms with Gasteiger partial charge in [-0.25, -0.2) is 13.6 Å². The van der Waals surface area contributed by atoms with Crippen LogP contribution in [0.25, 0.3) is 0 Å². The van der Waals surface area contributed by atoms with Crippen LogP contribution < -0.4 is 4.90 Å². The zero-order chi connectivity index (χ0) is 33.6. The SMILES string of the molecule is C[C@@H]1CN(CC(=O)N2CC(C)(C)c3ncc(Cc4ccc(F)cc4F)cc32)[C@@H](CN2[C@H](C)COC[C@H]2C)CN1C(=O)OC(C)(C)C. The van der Waals surface area contributed by atoms with Crippen LogP contribution in [0.2, 0.25) is 0 Å². The number of carbonyl (C=O) groups is 2. The Morgan fingerprint density at radius 3 is 2.39 bits per heavy atom. The molecule has 0 N–H and O–H groups in total. The summed E-state index contributed by atoms with van der Waals surface area (Å²) in [5.41, 5.74) is 1.67. The molecule has 2 fully saturated rings. The summed E-state index contributed by atoms with van der Waals surface area (Å²) in [5, 5.41) is 0. The first-order valence-electron chi connectivity index (χ1n) is 16.3.